The molecule has 0 aromatic rings. The van der Waals surface area contributed by atoms with Gasteiger partial charge in [0, 0.05) is 0 Å². The van der Waals surface area contributed by atoms with Crippen molar-refractivity contribution in [2.45, 2.75) is 42.6 Å². The molecule has 0 saturated heterocycles. The Kier molecular flexibility index (Phi) is 6.49. The molecule has 0 rings (SSSR count). The van der Waals surface area contributed by atoms with Crippen LogP contribution in [0.25, 0.3) is 0 Å². The zero-order chi connectivity index (χ0) is 11.4. The molecule has 0 heterocycles. The molecule has 0 N–H and O–H groups in total. The minimum atomic E-state index is -1.54. The van der Waals surface area contributed by atoms with Gasteiger partial charge in [0.2, 0.25) is 0 Å². The third kappa shape index (κ3) is 5.46. The van der Waals surface area contributed by atoms with E-state index in [4.69, 9.17) is 7.38 Å². The standard InChI is InChI=1S/C7H17OSi.C2H4O2.Hg/c1-6-7(8-2)9(3,4)5;1-2(3)4;/h6-7H,1-5H3;1H3,(H,3,4);/q;;+1/p-1. The van der Waals surface area contributed by atoms with Crippen molar-refractivity contribution in [3.8, 4) is 0 Å². The van der Waals surface area contributed by atoms with Gasteiger partial charge in [-0.3, -0.25) is 0 Å². The molecule has 0 aliphatic rings. The first-order chi connectivity index (χ1) is 6.29. The fourth-order valence-corrected chi connectivity index (χ4v) is 16.6. The topological polar surface area (TPSA) is 35.5 Å². The van der Waals surface area contributed by atoms with Crippen LogP contribution in [0.2, 0.25) is 23.1 Å². The molecule has 0 spiro atoms. The molecule has 0 radical (unpaired) electrons. The predicted molar refractivity (Wildman–Crippen MR) is 55.3 cm³/mol. The molecule has 80 valence electrons. The van der Waals surface area contributed by atoms with Gasteiger partial charge in [-0.1, -0.05) is 0 Å². The van der Waals surface area contributed by atoms with Crippen LogP contribution >= 0.6 is 0 Å². The van der Waals surface area contributed by atoms with E-state index in [2.05, 4.69) is 26.6 Å². The summed E-state index contributed by atoms with van der Waals surface area (Å²) in [4.78, 5) is 10.7. The van der Waals surface area contributed by atoms with Crippen LogP contribution in [0.1, 0.15) is 13.8 Å². The minimum absolute atomic E-state index is 0.121. The first-order valence-electron chi connectivity index (χ1n) is 4.95. The van der Waals surface area contributed by atoms with Crippen LogP contribution in [0.3, 0.4) is 0 Å². The van der Waals surface area contributed by atoms with Crippen molar-refractivity contribution in [3.63, 3.8) is 0 Å². The third-order valence-corrected chi connectivity index (χ3v) is 12.5. The Labute approximate surface area is 101 Å². The van der Waals surface area contributed by atoms with Crippen LogP contribution in [-0.2, 0) is 37.2 Å². The molecular weight excluding hydrogens is 385 g/mol. The van der Waals surface area contributed by atoms with Crippen molar-refractivity contribution in [3.05, 3.63) is 0 Å². The van der Waals surface area contributed by atoms with Crippen LogP contribution in [0, 0.1) is 0 Å². The van der Waals surface area contributed by atoms with E-state index < -0.39 is 33.1 Å². The molecule has 14 heavy (non-hydrogen) atoms. The maximum absolute atomic E-state index is 10.7. The second kappa shape index (κ2) is 6.23. The average molecular weight is 405 g/mol. The van der Waals surface area contributed by atoms with Crippen LogP contribution < -0.4 is 0 Å². The molecule has 0 saturated carbocycles. The van der Waals surface area contributed by atoms with Gasteiger partial charge in [-0.15, -0.1) is 0 Å². The Balaban J connectivity index is 4.18. The monoisotopic (exact) mass is 406 g/mol. The summed E-state index contributed by atoms with van der Waals surface area (Å²) in [5.74, 6) is -0.121. The van der Waals surface area contributed by atoms with E-state index in [-0.39, 0.29) is 5.97 Å². The van der Waals surface area contributed by atoms with Gasteiger partial charge in [0.05, 0.1) is 0 Å². The normalized spacial score (nSPS) is 15.6. The van der Waals surface area contributed by atoms with E-state index in [0.29, 0.717) is 9.15 Å². The van der Waals surface area contributed by atoms with Gasteiger partial charge >= 0.3 is 101 Å². The van der Waals surface area contributed by atoms with Crippen molar-refractivity contribution in [1.82, 2.24) is 0 Å². The zero-order valence-electron chi connectivity index (χ0n) is 10.1. The first kappa shape index (κ1) is 14.6. The Morgan fingerprint density at radius 2 is 1.86 bits per heavy atom. The van der Waals surface area contributed by atoms with E-state index in [0.717, 1.165) is 0 Å². The van der Waals surface area contributed by atoms with Crippen molar-refractivity contribution in [2.75, 3.05) is 7.11 Å². The van der Waals surface area contributed by atoms with E-state index >= 15 is 0 Å². The number of rotatable bonds is 5. The molecule has 0 amide bonds. The van der Waals surface area contributed by atoms with E-state index in [1.807, 2.05) is 0 Å². The van der Waals surface area contributed by atoms with Gasteiger partial charge in [-0.05, 0) is 0 Å². The van der Waals surface area contributed by atoms with Crippen LogP contribution in [-0.4, -0.2) is 26.9 Å². The van der Waals surface area contributed by atoms with Crippen LogP contribution in [0.15, 0.2) is 0 Å². The Morgan fingerprint density at radius 1 is 1.36 bits per heavy atom. The van der Waals surface area contributed by atoms with Gasteiger partial charge in [0.25, 0.3) is 0 Å². The number of hydrogen-bond acceptors (Lipinski definition) is 3. The zero-order valence-corrected chi connectivity index (χ0v) is 16.6. The Morgan fingerprint density at radius 3 is 2.14 bits per heavy atom. The quantitative estimate of drug-likeness (QED) is 0.659. The van der Waals surface area contributed by atoms with Gasteiger partial charge in [-0.25, -0.2) is 0 Å². The Bertz CT molecular complexity index is 191. The average Bonchev–Trinajstić information content (AvgIpc) is 1.99. The molecule has 0 aliphatic heterocycles. The number of methoxy groups -OCH3 is 1. The number of carbonyl (C=O) groups excluding carboxylic acids is 1. The van der Waals surface area contributed by atoms with E-state index in [1.165, 1.54) is 6.92 Å². The summed E-state index contributed by atoms with van der Waals surface area (Å²) in [6.07, 6.45) is 0. The van der Waals surface area contributed by atoms with Gasteiger partial charge < -0.3 is 0 Å². The summed E-state index contributed by atoms with van der Waals surface area (Å²) in [5, 5.41) is 0. The van der Waals surface area contributed by atoms with E-state index in [9.17, 15) is 4.79 Å². The SMILES string of the molecule is COC([CH](C)[Hg][O]C(C)=O)[Si](C)(C)C. The molecule has 0 aliphatic carbocycles. The molecule has 0 fully saturated rings. The van der Waals surface area contributed by atoms with Crippen LogP contribution in [0.5, 0.6) is 0 Å². The van der Waals surface area contributed by atoms with Gasteiger partial charge in [0.1, 0.15) is 0 Å². The molecule has 0 aromatic carbocycles. The summed E-state index contributed by atoms with van der Waals surface area (Å²) in [6, 6.07) is 0. The van der Waals surface area contributed by atoms with Crippen LogP contribution in [0.4, 0.5) is 0 Å². The molecule has 0 aromatic heterocycles. The summed E-state index contributed by atoms with van der Waals surface area (Å²) >= 11 is -1.54. The summed E-state index contributed by atoms with van der Waals surface area (Å²) in [5.41, 5.74) is 0.337. The first-order valence-corrected chi connectivity index (χ1v) is 13.9. The number of ether oxygens (including phenoxy) is 1. The summed E-state index contributed by atoms with van der Waals surface area (Å²) in [7, 11) is 0.485. The molecule has 5 heteroatoms. The fourth-order valence-electron chi connectivity index (χ4n) is 1.78. The van der Waals surface area contributed by atoms with Crippen molar-refractivity contribution >= 4 is 14.0 Å². The molecular formula is C9H20HgO3Si. The van der Waals surface area contributed by atoms with Gasteiger partial charge in [-0.2, -0.15) is 0 Å². The fraction of sp³-hybridized carbons (Fsp3) is 0.889. The van der Waals surface area contributed by atoms with Crippen molar-refractivity contribution < 1.29 is 37.2 Å². The number of hydrogen-bond donors (Lipinski definition) is 0. The summed E-state index contributed by atoms with van der Waals surface area (Å²) < 4.78 is 11.2. The van der Waals surface area contributed by atoms with Crippen molar-refractivity contribution in [1.29, 1.82) is 0 Å². The number of carbonyl (C=O) groups is 1. The van der Waals surface area contributed by atoms with Crippen molar-refractivity contribution in [2.24, 2.45) is 0 Å². The van der Waals surface area contributed by atoms with E-state index in [1.54, 1.807) is 7.11 Å². The molecule has 0 bridgehead atoms. The molecule has 2 unspecified atom stereocenters. The molecule has 2 atom stereocenters. The second-order valence-electron chi connectivity index (χ2n) is 4.80. The summed E-state index contributed by atoms with van der Waals surface area (Å²) in [6.45, 7) is 10.5. The second-order valence-corrected chi connectivity index (χ2v) is 17.5. The maximum atomic E-state index is 10.7. The third-order valence-electron chi connectivity index (χ3n) is 2.17. The Hall–Kier alpha value is 0.582. The van der Waals surface area contributed by atoms with Gasteiger partial charge in [0.15, 0.2) is 0 Å². The predicted octanol–water partition coefficient (Wildman–Crippen LogP) is 2.25. The molecule has 3 nitrogen and oxygen atoms in total.